The summed E-state index contributed by atoms with van der Waals surface area (Å²) in [4.78, 5) is 0. The van der Waals surface area contributed by atoms with Crippen molar-refractivity contribution in [2.24, 2.45) is 11.8 Å². The Morgan fingerprint density at radius 3 is 2.50 bits per heavy atom. The highest BCUT2D eigenvalue weighted by Gasteiger charge is 2.28. The molecule has 3 unspecified atom stereocenters. The van der Waals surface area contributed by atoms with E-state index in [0.29, 0.717) is 12.0 Å². The van der Waals surface area contributed by atoms with Crippen LogP contribution in [-0.2, 0) is 4.74 Å². The van der Waals surface area contributed by atoms with E-state index < -0.39 is 0 Å². The molecule has 0 amide bonds. The van der Waals surface area contributed by atoms with Crippen molar-refractivity contribution in [2.45, 2.75) is 52.1 Å². The van der Waals surface area contributed by atoms with E-state index in [4.69, 9.17) is 12.6 Å². The average molecular weight is 166 g/mol. The Morgan fingerprint density at radius 1 is 1.42 bits per heavy atom. The fraction of sp³-hybridized carbons (Fsp3) is 1.00. The van der Waals surface area contributed by atoms with Gasteiger partial charge in [0.25, 0.3) is 0 Å². The van der Waals surface area contributed by atoms with Gasteiger partial charge in [-0.05, 0) is 24.7 Å². The second kappa shape index (κ2) is 4.31. The number of ether oxygens (including phenoxy) is 1. The molecular weight excluding hydrogens is 147 g/mol. The Hall–Kier alpha value is 0.0249. The maximum absolute atomic E-state index is 5.68. The molecule has 0 aliphatic carbocycles. The third-order valence-electron chi connectivity index (χ3n) is 3.21. The summed E-state index contributed by atoms with van der Waals surface area (Å²) in [7, 11) is 5.68. The van der Waals surface area contributed by atoms with Crippen molar-refractivity contribution in [3.8, 4) is 0 Å². The van der Waals surface area contributed by atoms with Crippen LogP contribution in [0.4, 0.5) is 0 Å². The molecule has 0 aromatic rings. The molecule has 12 heavy (non-hydrogen) atoms. The average Bonchev–Trinajstić information content (AvgIpc) is 2.49. The molecule has 0 aromatic heterocycles. The highest BCUT2D eigenvalue weighted by atomic mass is 16.5. The zero-order valence-corrected chi connectivity index (χ0v) is 8.42. The maximum Gasteiger partial charge on any atom is 0.109 e. The van der Waals surface area contributed by atoms with Crippen molar-refractivity contribution >= 4 is 7.85 Å². The van der Waals surface area contributed by atoms with Gasteiger partial charge >= 0.3 is 0 Å². The van der Waals surface area contributed by atoms with Crippen LogP contribution in [0.15, 0.2) is 0 Å². The number of rotatable bonds is 3. The monoisotopic (exact) mass is 166 g/mol. The van der Waals surface area contributed by atoms with Crippen molar-refractivity contribution in [2.75, 3.05) is 0 Å². The molecule has 1 aliphatic heterocycles. The van der Waals surface area contributed by atoms with Gasteiger partial charge in [0.1, 0.15) is 7.85 Å². The molecule has 0 saturated carbocycles. The van der Waals surface area contributed by atoms with Gasteiger partial charge in [-0.2, -0.15) is 0 Å². The van der Waals surface area contributed by atoms with Gasteiger partial charge in [0.2, 0.25) is 0 Å². The van der Waals surface area contributed by atoms with E-state index in [1.165, 1.54) is 6.42 Å². The zero-order valence-electron chi connectivity index (χ0n) is 8.42. The van der Waals surface area contributed by atoms with Crippen LogP contribution in [0.2, 0.25) is 0 Å². The standard InChI is InChI=1S/C10H19BO/c1-4-7(2)8(3)9-5-6-10(11)12-9/h7-10H,4-6H2,1-3H3/t7?,8?,9?,10-/m1/s1. The Kier molecular flexibility index (Phi) is 3.63. The van der Waals surface area contributed by atoms with Crippen LogP contribution in [0, 0.1) is 11.8 Å². The summed E-state index contributed by atoms with van der Waals surface area (Å²) in [6.07, 6.45) is 3.82. The lowest BCUT2D eigenvalue weighted by Crippen LogP contribution is -2.24. The molecule has 0 aromatic carbocycles. The van der Waals surface area contributed by atoms with E-state index >= 15 is 0 Å². The van der Waals surface area contributed by atoms with Crippen molar-refractivity contribution in [3.63, 3.8) is 0 Å². The fourth-order valence-electron chi connectivity index (χ4n) is 1.81. The van der Waals surface area contributed by atoms with Crippen LogP contribution in [0.3, 0.4) is 0 Å². The van der Waals surface area contributed by atoms with Crippen molar-refractivity contribution in [1.29, 1.82) is 0 Å². The smallest absolute Gasteiger partial charge is 0.109 e. The predicted octanol–water partition coefficient (Wildman–Crippen LogP) is 2.34. The van der Waals surface area contributed by atoms with Crippen LogP contribution >= 0.6 is 0 Å². The topological polar surface area (TPSA) is 9.23 Å². The molecule has 2 radical (unpaired) electrons. The number of hydrogen-bond acceptors (Lipinski definition) is 1. The van der Waals surface area contributed by atoms with Gasteiger partial charge in [-0.25, -0.2) is 0 Å². The van der Waals surface area contributed by atoms with Crippen molar-refractivity contribution < 1.29 is 4.74 Å². The quantitative estimate of drug-likeness (QED) is 0.584. The first-order chi connectivity index (χ1) is 5.65. The van der Waals surface area contributed by atoms with Crippen LogP contribution in [0.1, 0.15) is 40.0 Å². The fourth-order valence-corrected chi connectivity index (χ4v) is 1.81. The Labute approximate surface area is 77.3 Å². The van der Waals surface area contributed by atoms with E-state index in [0.717, 1.165) is 18.8 Å². The maximum atomic E-state index is 5.68. The van der Waals surface area contributed by atoms with E-state index in [1.807, 2.05) is 0 Å². The van der Waals surface area contributed by atoms with Gasteiger partial charge in [0.05, 0.1) is 6.10 Å². The highest BCUT2D eigenvalue weighted by molar-refractivity contribution is 6.11. The van der Waals surface area contributed by atoms with Crippen LogP contribution < -0.4 is 0 Å². The van der Waals surface area contributed by atoms with Crippen LogP contribution in [-0.4, -0.2) is 20.0 Å². The molecule has 2 heteroatoms. The molecule has 1 rings (SSSR count). The second-order valence-electron chi connectivity index (χ2n) is 4.03. The first kappa shape index (κ1) is 10.1. The van der Waals surface area contributed by atoms with Gasteiger partial charge in [-0.3, -0.25) is 0 Å². The summed E-state index contributed by atoms with van der Waals surface area (Å²) in [5.41, 5.74) is 0. The summed E-state index contributed by atoms with van der Waals surface area (Å²) < 4.78 is 5.62. The summed E-state index contributed by atoms with van der Waals surface area (Å²) in [6.45, 7) is 6.80. The molecular formula is C10H19BO. The van der Waals surface area contributed by atoms with Crippen molar-refractivity contribution in [3.05, 3.63) is 0 Å². The molecule has 0 N–H and O–H groups in total. The molecule has 68 valence electrons. The van der Waals surface area contributed by atoms with E-state index in [9.17, 15) is 0 Å². The first-order valence-corrected chi connectivity index (χ1v) is 5.06. The lowest BCUT2D eigenvalue weighted by molar-refractivity contribution is 0.0321. The highest BCUT2D eigenvalue weighted by Crippen LogP contribution is 2.29. The van der Waals surface area contributed by atoms with Crippen LogP contribution in [0.5, 0.6) is 0 Å². The minimum absolute atomic E-state index is 0.00139. The largest absolute Gasteiger partial charge is 0.384 e. The minimum atomic E-state index is 0.00139. The zero-order chi connectivity index (χ0) is 9.14. The lowest BCUT2D eigenvalue weighted by Gasteiger charge is -2.24. The Balaban J connectivity index is 2.37. The molecule has 1 fully saturated rings. The molecule has 1 heterocycles. The van der Waals surface area contributed by atoms with Gasteiger partial charge < -0.3 is 4.74 Å². The predicted molar refractivity (Wildman–Crippen MR) is 52.3 cm³/mol. The summed E-state index contributed by atoms with van der Waals surface area (Å²) in [6, 6.07) is 0.00139. The van der Waals surface area contributed by atoms with Gasteiger partial charge in [-0.15, -0.1) is 0 Å². The van der Waals surface area contributed by atoms with E-state index in [1.54, 1.807) is 0 Å². The second-order valence-corrected chi connectivity index (χ2v) is 4.03. The van der Waals surface area contributed by atoms with Gasteiger partial charge in [0.15, 0.2) is 0 Å². The summed E-state index contributed by atoms with van der Waals surface area (Å²) >= 11 is 0. The molecule has 0 bridgehead atoms. The Bertz CT molecular complexity index is 138. The minimum Gasteiger partial charge on any atom is -0.384 e. The molecule has 1 saturated heterocycles. The first-order valence-electron chi connectivity index (χ1n) is 5.06. The van der Waals surface area contributed by atoms with Gasteiger partial charge in [0, 0.05) is 6.00 Å². The third kappa shape index (κ3) is 2.26. The third-order valence-corrected chi connectivity index (χ3v) is 3.21. The summed E-state index contributed by atoms with van der Waals surface area (Å²) in [5, 5.41) is 0. The van der Waals surface area contributed by atoms with Gasteiger partial charge in [-0.1, -0.05) is 27.2 Å². The lowest BCUT2D eigenvalue weighted by atomic mass is 9.87. The van der Waals surface area contributed by atoms with Crippen molar-refractivity contribution in [1.82, 2.24) is 0 Å². The number of hydrogen-bond donors (Lipinski definition) is 0. The molecule has 1 nitrogen and oxygen atoms in total. The molecule has 4 atom stereocenters. The van der Waals surface area contributed by atoms with Crippen LogP contribution in [0.25, 0.3) is 0 Å². The molecule has 0 spiro atoms. The Morgan fingerprint density at radius 2 is 2.08 bits per heavy atom. The SMILES string of the molecule is [B][C@H]1CCC(C(C)C(C)CC)O1. The summed E-state index contributed by atoms with van der Waals surface area (Å²) in [5.74, 6) is 1.41. The normalized spacial score (nSPS) is 34.9. The molecule has 1 aliphatic rings. The van der Waals surface area contributed by atoms with E-state index in [2.05, 4.69) is 20.8 Å². The van der Waals surface area contributed by atoms with E-state index in [-0.39, 0.29) is 6.00 Å².